The van der Waals surface area contributed by atoms with E-state index >= 15 is 0 Å². The van der Waals surface area contributed by atoms with Gasteiger partial charge in [-0.05, 0) is 41.6 Å². The van der Waals surface area contributed by atoms with E-state index in [1.807, 2.05) is 29.6 Å². The number of thiophene rings is 1. The summed E-state index contributed by atoms with van der Waals surface area (Å²) in [6, 6.07) is 9.64. The Morgan fingerprint density at radius 2 is 2.21 bits per heavy atom. The summed E-state index contributed by atoms with van der Waals surface area (Å²) in [7, 11) is 1.62. The van der Waals surface area contributed by atoms with Crippen molar-refractivity contribution in [3.63, 3.8) is 0 Å². The van der Waals surface area contributed by atoms with Crippen LogP contribution in [-0.2, 0) is 17.8 Å². The molecule has 0 saturated heterocycles. The van der Waals surface area contributed by atoms with Gasteiger partial charge in [0, 0.05) is 4.88 Å². The largest absolute Gasteiger partial charge is 0.497 e. The summed E-state index contributed by atoms with van der Waals surface area (Å²) in [5.41, 5.74) is 2.19. The van der Waals surface area contributed by atoms with Crippen LogP contribution in [0, 0.1) is 6.92 Å². The molecule has 100 valence electrons. The Bertz CT molecular complexity index is 563. The Hall–Kier alpha value is -1.81. The van der Waals surface area contributed by atoms with Crippen molar-refractivity contribution in [1.82, 2.24) is 5.32 Å². The van der Waals surface area contributed by atoms with E-state index < -0.39 is 0 Å². The monoisotopic (exact) mass is 275 g/mol. The third-order valence-corrected chi connectivity index (χ3v) is 3.94. The second kappa shape index (κ2) is 6.38. The van der Waals surface area contributed by atoms with Gasteiger partial charge in [-0.2, -0.15) is 0 Å². The zero-order chi connectivity index (χ0) is 13.7. The average Bonchev–Trinajstić information content (AvgIpc) is 2.82. The number of amides is 1. The normalized spacial score (nSPS) is 10.2. The maximum absolute atomic E-state index is 11.9. The zero-order valence-corrected chi connectivity index (χ0v) is 11.9. The van der Waals surface area contributed by atoms with E-state index in [1.54, 1.807) is 18.4 Å². The number of hydrogen-bond donors (Lipinski definition) is 1. The van der Waals surface area contributed by atoms with E-state index in [-0.39, 0.29) is 5.91 Å². The molecule has 2 aromatic rings. The first-order chi connectivity index (χ1) is 9.19. The fourth-order valence-electron chi connectivity index (χ4n) is 1.79. The summed E-state index contributed by atoms with van der Waals surface area (Å²) in [4.78, 5) is 13.1. The van der Waals surface area contributed by atoms with Gasteiger partial charge >= 0.3 is 0 Å². The summed E-state index contributed by atoms with van der Waals surface area (Å²) >= 11 is 1.67. The Labute approximate surface area is 117 Å². The third kappa shape index (κ3) is 3.83. The number of hydrogen-bond acceptors (Lipinski definition) is 3. The van der Waals surface area contributed by atoms with Crippen molar-refractivity contribution in [2.75, 3.05) is 7.11 Å². The van der Waals surface area contributed by atoms with E-state index in [9.17, 15) is 4.79 Å². The summed E-state index contributed by atoms with van der Waals surface area (Å²) in [6.07, 6.45) is 0.377. The van der Waals surface area contributed by atoms with E-state index in [1.165, 1.54) is 10.4 Å². The minimum atomic E-state index is 0.0288. The van der Waals surface area contributed by atoms with Crippen LogP contribution in [0.25, 0.3) is 0 Å². The zero-order valence-electron chi connectivity index (χ0n) is 11.1. The van der Waals surface area contributed by atoms with Crippen LogP contribution in [0.2, 0.25) is 0 Å². The fraction of sp³-hybridized carbons (Fsp3) is 0.267. The van der Waals surface area contributed by atoms with Gasteiger partial charge in [0.15, 0.2) is 0 Å². The van der Waals surface area contributed by atoms with Crippen LogP contribution in [-0.4, -0.2) is 13.0 Å². The number of methoxy groups -OCH3 is 1. The van der Waals surface area contributed by atoms with Crippen molar-refractivity contribution in [2.24, 2.45) is 0 Å². The molecular formula is C15H17NO2S. The van der Waals surface area contributed by atoms with Gasteiger partial charge in [0.1, 0.15) is 5.75 Å². The first-order valence-corrected chi connectivity index (χ1v) is 6.99. The van der Waals surface area contributed by atoms with Gasteiger partial charge in [-0.3, -0.25) is 4.79 Å². The topological polar surface area (TPSA) is 38.3 Å². The molecule has 1 N–H and O–H groups in total. The Kier molecular flexibility index (Phi) is 4.58. The minimum Gasteiger partial charge on any atom is -0.497 e. The van der Waals surface area contributed by atoms with Crippen LogP contribution in [0.1, 0.15) is 16.0 Å². The lowest BCUT2D eigenvalue weighted by Gasteiger charge is -2.06. The highest BCUT2D eigenvalue weighted by Gasteiger charge is 2.06. The smallest absolute Gasteiger partial charge is 0.224 e. The molecule has 0 aliphatic heterocycles. The van der Waals surface area contributed by atoms with Crippen molar-refractivity contribution in [2.45, 2.75) is 19.9 Å². The molecule has 0 spiro atoms. The highest BCUT2D eigenvalue weighted by molar-refractivity contribution is 7.10. The van der Waals surface area contributed by atoms with Crippen LogP contribution >= 0.6 is 11.3 Å². The van der Waals surface area contributed by atoms with Gasteiger partial charge in [-0.15, -0.1) is 11.3 Å². The van der Waals surface area contributed by atoms with Gasteiger partial charge in [0.25, 0.3) is 0 Å². The maximum atomic E-state index is 11.9. The Morgan fingerprint density at radius 3 is 2.89 bits per heavy atom. The number of ether oxygens (including phenoxy) is 1. The maximum Gasteiger partial charge on any atom is 0.224 e. The quantitative estimate of drug-likeness (QED) is 0.911. The van der Waals surface area contributed by atoms with Gasteiger partial charge in [-0.1, -0.05) is 12.1 Å². The van der Waals surface area contributed by atoms with Gasteiger partial charge < -0.3 is 10.1 Å². The lowest BCUT2D eigenvalue weighted by Crippen LogP contribution is -2.24. The molecule has 1 aromatic heterocycles. The van der Waals surface area contributed by atoms with Crippen LogP contribution in [0.3, 0.4) is 0 Å². The van der Waals surface area contributed by atoms with Crippen LogP contribution in [0.4, 0.5) is 0 Å². The number of nitrogens with one attached hydrogen (secondary N) is 1. The first kappa shape index (κ1) is 13.6. The molecule has 0 fully saturated rings. The van der Waals surface area contributed by atoms with Crippen molar-refractivity contribution >= 4 is 17.2 Å². The molecule has 19 heavy (non-hydrogen) atoms. The number of carbonyl (C=O) groups excluding carboxylic acids is 1. The van der Waals surface area contributed by atoms with Crippen molar-refractivity contribution in [1.29, 1.82) is 0 Å². The summed E-state index contributed by atoms with van der Waals surface area (Å²) in [6.45, 7) is 2.66. The molecule has 2 rings (SSSR count). The average molecular weight is 275 g/mol. The molecule has 4 heteroatoms. The fourth-order valence-corrected chi connectivity index (χ4v) is 2.64. The Balaban J connectivity index is 1.89. The number of rotatable bonds is 5. The molecule has 0 atom stereocenters. The number of carbonyl (C=O) groups is 1. The second-order valence-corrected chi connectivity index (χ2v) is 5.33. The van der Waals surface area contributed by atoms with Gasteiger partial charge in [0.2, 0.25) is 5.91 Å². The van der Waals surface area contributed by atoms with Crippen LogP contribution in [0.15, 0.2) is 35.7 Å². The van der Waals surface area contributed by atoms with E-state index in [0.29, 0.717) is 13.0 Å². The molecule has 0 bridgehead atoms. The molecule has 1 aromatic carbocycles. The molecule has 1 amide bonds. The van der Waals surface area contributed by atoms with Crippen LogP contribution in [0.5, 0.6) is 5.75 Å². The lowest BCUT2D eigenvalue weighted by molar-refractivity contribution is -0.120. The van der Waals surface area contributed by atoms with E-state index in [0.717, 1.165) is 11.3 Å². The number of benzene rings is 1. The van der Waals surface area contributed by atoms with Crippen LogP contribution < -0.4 is 10.1 Å². The van der Waals surface area contributed by atoms with E-state index in [2.05, 4.69) is 18.3 Å². The van der Waals surface area contributed by atoms with Crippen molar-refractivity contribution < 1.29 is 9.53 Å². The molecular weight excluding hydrogens is 258 g/mol. The van der Waals surface area contributed by atoms with Gasteiger partial charge in [0.05, 0.1) is 20.1 Å². The lowest BCUT2D eigenvalue weighted by atomic mass is 10.1. The SMILES string of the molecule is COc1cccc(CC(=O)NCc2sccc2C)c1. The highest BCUT2D eigenvalue weighted by atomic mass is 32.1. The standard InChI is InChI=1S/C15H17NO2S/c1-11-6-7-19-14(11)10-16-15(17)9-12-4-3-5-13(8-12)18-2/h3-8H,9-10H2,1-2H3,(H,16,17). The third-order valence-electron chi connectivity index (χ3n) is 2.91. The summed E-state index contributed by atoms with van der Waals surface area (Å²) in [5.74, 6) is 0.806. The summed E-state index contributed by atoms with van der Waals surface area (Å²) < 4.78 is 5.14. The van der Waals surface area contributed by atoms with E-state index in [4.69, 9.17) is 4.74 Å². The molecule has 1 heterocycles. The predicted octanol–water partition coefficient (Wildman–Crippen LogP) is 2.92. The van der Waals surface area contributed by atoms with Crippen molar-refractivity contribution in [3.05, 3.63) is 51.7 Å². The number of aryl methyl sites for hydroxylation is 1. The van der Waals surface area contributed by atoms with Gasteiger partial charge in [-0.25, -0.2) is 0 Å². The van der Waals surface area contributed by atoms with Crippen molar-refractivity contribution in [3.8, 4) is 5.75 Å². The summed E-state index contributed by atoms with van der Waals surface area (Å²) in [5, 5.41) is 4.98. The molecule has 0 aliphatic carbocycles. The minimum absolute atomic E-state index is 0.0288. The molecule has 0 aliphatic rings. The molecule has 3 nitrogen and oxygen atoms in total. The predicted molar refractivity (Wildman–Crippen MR) is 77.6 cm³/mol. The first-order valence-electron chi connectivity index (χ1n) is 6.11. The molecule has 0 radical (unpaired) electrons. The molecule has 0 saturated carbocycles. The highest BCUT2D eigenvalue weighted by Crippen LogP contribution is 2.15. The molecule has 0 unspecified atom stereocenters. The Morgan fingerprint density at radius 1 is 1.37 bits per heavy atom. The second-order valence-electron chi connectivity index (χ2n) is 4.33.